The fourth-order valence-corrected chi connectivity index (χ4v) is 2.00. The van der Waals surface area contributed by atoms with Crippen molar-refractivity contribution in [3.05, 3.63) is 29.8 Å². The number of piperidine rings is 1. The SMILES string of the molecule is OCc1cccc(N2CCCCC2)c1. The summed E-state index contributed by atoms with van der Waals surface area (Å²) in [6.45, 7) is 2.46. The molecule has 2 rings (SSSR count). The summed E-state index contributed by atoms with van der Waals surface area (Å²) in [4.78, 5) is 2.41. The highest BCUT2D eigenvalue weighted by Crippen LogP contribution is 2.20. The number of nitrogens with zero attached hydrogens (tertiary/aromatic N) is 1. The van der Waals surface area contributed by atoms with Crippen LogP contribution in [0.4, 0.5) is 5.69 Å². The summed E-state index contributed by atoms with van der Waals surface area (Å²) in [5, 5.41) is 9.04. The van der Waals surface area contributed by atoms with E-state index in [-0.39, 0.29) is 6.61 Å². The number of aliphatic hydroxyl groups is 1. The molecule has 1 saturated heterocycles. The Bertz CT molecular complexity index is 292. The van der Waals surface area contributed by atoms with E-state index in [1.807, 2.05) is 12.1 Å². The lowest BCUT2D eigenvalue weighted by atomic mass is 10.1. The second-order valence-corrected chi connectivity index (χ2v) is 3.88. The van der Waals surface area contributed by atoms with Crippen molar-refractivity contribution in [1.82, 2.24) is 0 Å². The molecule has 0 spiro atoms. The number of hydrogen-bond acceptors (Lipinski definition) is 2. The highest BCUT2D eigenvalue weighted by Gasteiger charge is 2.10. The van der Waals surface area contributed by atoms with Crippen molar-refractivity contribution in [3.8, 4) is 0 Å². The van der Waals surface area contributed by atoms with E-state index >= 15 is 0 Å². The van der Waals surface area contributed by atoms with Gasteiger partial charge in [-0.3, -0.25) is 0 Å². The number of hydrogen-bond donors (Lipinski definition) is 1. The zero-order valence-corrected chi connectivity index (χ0v) is 8.45. The van der Waals surface area contributed by atoms with Crippen molar-refractivity contribution < 1.29 is 5.11 Å². The van der Waals surface area contributed by atoms with Gasteiger partial charge in [0.15, 0.2) is 0 Å². The normalized spacial score (nSPS) is 17.1. The fraction of sp³-hybridized carbons (Fsp3) is 0.500. The molecule has 2 nitrogen and oxygen atoms in total. The third-order valence-corrected chi connectivity index (χ3v) is 2.81. The molecule has 1 aliphatic heterocycles. The van der Waals surface area contributed by atoms with Crippen LogP contribution in [0.15, 0.2) is 24.3 Å². The van der Waals surface area contributed by atoms with Crippen LogP contribution < -0.4 is 4.90 Å². The standard InChI is InChI=1S/C12H17NO/c14-10-11-5-4-6-12(9-11)13-7-2-1-3-8-13/h4-6,9,14H,1-3,7-8,10H2. The van der Waals surface area contributed by atoms with E-state index in [1.165, 1.54) is 24.9 Å². The first-order valence-electron chi connectivity index (χ1n) is 5.35. The highest BCUT2D eigenvalue weighted by molar-refractivity contribution is 5.48. The maximum atomic E-state index is 9.04. The summed E-state index contributed by atoms with van der Waals surface area (Å²) in [6.07, 6.45) is 3.95. The molecule has 0 unspecified atom stereocenters. The Morgan fingerprint density at radius 1 is 1.14 bits per heavy atom. The summed E-state index contributed by atoms with van der Waals surface area (Å²) in [7, 11) is 0. The number of benzene rings is 1. The number of anilines is 1. The molecule has 1 heterocycles. The molecule has 14 heavy (non-hydrogen) atoms. The molecule has 0 amide bonds. The third kappa shape index (κ3) is 2.07. The average Bonchev–Trinajstić information content (AvgIpc) is 2.30. The monoisotopic (exact) mass is 191 g/mol. The van der Waals surface area contributed by atoms with Crippen LogP contribution in [0.25, 0.3) is 0 Å². The zero-order chi connectivity index (χ0) is 9.80. The van der Waals surface area contributed by atoms with E-state index in [0.717, 1.165) is 18.7 Å². The fourth-order valence-electron chi connectivity index (χ4n) is 2.00. The van der Waals surface area contributed by atoms with Crippen LogP contribution in [0, 0.1) is 0 Å². The molecule has 1 aliphatic rings. The molecular formula is C12H17NO. The van der Waals surface area contributed by atoms with Crippen LogP contribution in [0.2, 0.25) is 0 Å². The smallest absolute Gasteiger partial charge is 0.0682 e. The van der Waals surface area contributed by atoms with Crippen molar-refractivity contribution in [2.45, 2.75) is 25.9 Å². The lowest BCUT2D eigenvalue weighted by Gasteiger charge is -2.29. The van der Waals surface area contributed by atoms with Gasteiger partial charge in [0, 0.05) is 18.8 Å². The maximum Gasteiger partial charge on any atom is 0.0682 e. The van der Waals surface area contributed by atoms with Crippen LogP contribution >= 0.6 is 0 Å². The Hall–Kier alpha value is -1.02. The van der Waals surface area contributed by atoms with Crippen LogP contribution in [-0.2, 0) is 6.61 Å². The summed E-state index contributed by atoms with van der Waals surface area (Å²) in [5.41, 5.74) is 2.27. The van der Waals surface area contributed by atoms with Crippen molar-refractivity contribution in [2.75, 3.05) is 18.0 Å². The van der Waals surface area contributed by atoms with Gasteiger partial charge >= 0.3 is 0 Å². The summed E-state index contributed by atoms with van der Waals surface area (Å²) in [5.74, 6) is 0. The van der Waals surface area contributed by atoms with E-state index in [2.05, 4.69) is 17.0 Å². The second-order valence-electron chi connectivity index (χ2n) is 3.88. The van der Waals surface area contributed by atoms with Crippen LogP contribution in [0.3, 0.4) is 0 Å². The van der Waals surface area contributed by atoms with Gasteiger partial charge in [-0.05, 0) is 37.0 Å². The molecule has 0 aliphatic carbocycles. The Labute approximate surface area is 85.2 Å². The summed E-state index contributed by atoms with van der Waals surface area (Å²) in [6, 6.07) is 8.21. The van der Waals surface area contributed by atoms with Crippen molar-refractivity contribution in [1.29, 1.82) is 0 Å². The van der Waals surface area contributed by atoms with Crippen LogP contribution in [0.5, 0.6) is 0 Å². The predicted octanol–water partition coefficient (Wildman–Crippen LogP) is 2.17. The minimum atomic E-state index is 0.141. The molecule has 0 saturated carbocycles. The van der Waals surface area contributed by atoms with Crippen molar-refractivity contribution in [2.24, 2.45) is 0 Å². The van der Waals surface area contributed by atoms with Gasteiger partial charge in [0.25, 0.3) is 0 Å². The van der Waals surface area contributed by atoms with Crippen molar-refractivity contribution >= 4 is 5.69 Å². The quantitative estimate of drug-likeness (QED) is 0.774. The molecule has 0 aromatic heterocycles. The van der Waals surface area contributed by atoms with Gasteiger partial charge in [-0.25, -0.2) is 0 Å². The molecule has 1 aromatic carbocycles. The van der Waals surface area contributed by atoms with Crippen LogP contribution in [0.1, 0.15) is 24.8 Å². The third-order valence-electron chi connectivity index (χ3n) is 2.81. The van der Waals surface area contributed by atoms with Gasteiger partial charge in [-0.2, -0.15) is 0 Å². The molecule has 1 fully saturated rings. The Kier molecular flexibility index (Phi) is 3.04. The first-order valence-corrected chi connectivity index (χ1v) is 5.35. The first-order chi connectivity index (χ1) is 6.90. The Morgan fingerprint density at radius 3 is 2.64 bits per heavy atom. The predicted molar refractivity (Wildman–Crippen MR) is 58.4 cm³/mol. The largest absolute Gasteiger partial charge is 0.392 e. The second kappa shape index (κ2) is 4.47. The average molecular weight is 191 g/mol. The molecule has 0 atom stereocenters. The first kappa shape index (κ1) is 9.53. The molecule has 0 bridgehead atoms. The highest BCUT2D eigenvalue weighted by atomic mass is 16.3. The Balaban J connectivity index is 2.13. The van der Waals surface area contributed by atoms with E-state index in [4.69, 9.17) is 5.11 Å². The van der Waals surface area contributed by atoms with E-state index in [9.17, 15) is 0 Å². The number of aliphatic hydroxyl groups excluding tert-OH is 1. The van der Waals surface area contributed by atoms with Gasteiger partial charge < -0.3 is 10.0 Å². The molecule has 76 valence electrons. The van der Waals surface area contributed by atoms with Gasteiger partial charge in [0.2, 0.25) is 0 Å². The number of rotatable bonds is 2. The van der Waals surface area contributed by atoms with Gasteiger partial charge in [-0.15, -0.1) is 0 Å². The maximum absolute atomic E-state index is 9.04. The molecule has 1 aromatic rings. The van der Waals surface area contributed by atoms with Crippen LogP contribution in [-0.4, -0.2) is 18.2 Å². The van der Waals surface area contributed by atoms with Gasteiger partial charge in [-0.1, -0.05) is 12.1 Å². The summed E-state index contributed by atoms with van der Waals surface area (Å²) < 4.78 is 0. The van der Waals surface area contributed by atoms with E-state index in [0.29, 0.717) is 0 Å². The molecule has 1 N–H and O–H groups in total. The molecule has 0 radical (unpaired) electrons. The zero-order valence-electron chi connectivity index (χ0n) is 8.45. The molecular weight excluding hydrogens is 174 g/mol. The van der Waals surface area contributed by atoms with E-state index < -0.39 is 0 Å². The molecule has 2 heteroatoms. The minimum absolute atomic E-state index is 0.141. The lowest BCUT2D eigenvalue weighted by Crippen LogP contribution is -2.29. The summed E-state index contributed by atoms with van der Waals surface area (Å²) >= 11 is 0. The topological polar surface area (TPSA) is 23.5 Å². The van der Waals surface area contributed by atoms with Gasteiger partial charge in [0.1, 0.15) is 0 Å². The van der Waals surface area contributed by atoms with Crippen molar-refractivity contribution in [3.63, 3.8) is 0 Å². The van der Waals surface area contributed by atoms with E-state index in [1.54, 1.807) is 0 Å². The lowest BCUT2D eigenvalue weighted by molar-refractivity contribution is 0.282. The minimum Gasteiger partial charge on any atom is -0.392 e. The van der Waals surface area contributed by atoms with Gasteiger partial charge in [0.05, 0.1) is 6.61 Å². The Morgan fingerprint density at radius 2 is 1.93 bits per heavy atom.